The molecule has 26 heavy (non-hydrogen) atoms. The third-order valence-corrected chi connectivity index (χ3v) is 5.91. The molecule has 0 fully saturated rings. The number of hydrogen-bond acceptors (Lipinski definition) is 4. The van der Waals surface area contributed by atoms with Crippen molar-refractivity contribution in [3.8, 4) is 0 Å². The molecule has 7 heteroatoms. The number of anilines is 1. The summed E-state index contributed by atoms with van der Waals surface area (Å²) in [6.45, 7) is 7.35. The van der Waals surface area contributed by atoms with E-state index in [-0.39, 0.29) is 5.28 Å². The number of nitrogens with zero attached hydrogens (tertiary/aromatic N) is 4. The topological polar surface area (TPSA) is 60.0 Å². The first-order chi connectivity index (χ1) is 12.4. The van der Waals surface area contributed by atoms with Gasteiger partial charge in [0.25, 0.3) is 0 Å². The van der Waals surface area contributed by atoms with E-state index in [0.29, 0.717) is 18.4 Å². The number of benzene rings is 1. The lowest BCUT2D eigenvalue weighted by atomic mass is 9.96. The molecule has 0 spiro atoms. The standard InChI is InChI=1S/C19H21BrClN5/c1-11(2)25-6-5-13-4-3-12(7-14(13)10-25)9-26-16(20)8-15-17(22)23-19(21)24-18(15)26/h3-4,7-8,11H,5-6,9-10H2,1-2H3,(H2,22,23,24). The highest BCUT2D eigenvalue weighted by Crippen LogP contribution is 2.29. The molecule has 0 atom stereocenters. The maximum Gasteiger partial charge on any atom is 0.226 e. The summed E-state index contributed by atoms with van der Waals surface area (Å²) in [7, 11) is 0. The number of rotatable bonds is 3. The average molecular weight is 435 g/mol. The quantitative estimate of drug-likeness (QED) is 0.626. The van der Waals surface area contributed by atoms with Gasteiger partial charge in [0.15, 0.2) is 0 Å². The molecule has 3 aromatic rings. The third kappa shape index (κ3) is 3.21. The van der Waals surface area contributed by atoms with Crippen LogP contribution in [0.5, 0.6) is 0 Å². The van der Waals surface area contributed by atoms with Crippen molar-refractivity contribution in [2.75, 3.05) is 12.3 Å². The zero-order valence-corrected chi connectivity index (χ0v) is 17.2. The summed E-state index contributed by atoms with van der Waals surface area (Å²) in [6, 6.07) is 9.29. The Kier molecular flexibility index (Phi) is 4.67. The first-order valence-corrected chi connectivity index (χ1v) is 9.92. The summed E-state index contributed by atoms with van der Waals surface area (Å²) in [5, 5.41) is 0.977. The van der Waals surface area contributed by atoms with Crippen molar-refractivity contribution in [1.29, 1.82) is 0 Å². The van der Waals surface area contributed by atoms with Crippen LogP contribution in [0.15, 0.2) is 28.9 Å². The molecule has 1 aromatic carbocycles. The van der Waals surface area contributed by atoms with Crippen LogP contribution in [0.3, 0.4) is 0 Å². The molecule has 4 rings (SSSR count). The molecule has 0 unspecified atom stereocenters. The van der Waals surface area contributed by atoms with Gasteiger partial charge in [-0.05, 0) is 70.6 Å². The van der Waals surface area contributed by atoms with Crippen molar-refractivity contribution in [2.24, 2.45) is 0 Å². The second-order valence-corrected chi connectivity index (χ2v) is 8.24. The van der Waals surface area contributed by atoms with Crippen LogP contribution < -0.4 is 5.73 Å². The minimum absolute atomic E-state index is 0.167. The highest BCUT2D eigenvalue weighted by Gasteiger charge is 2.19. The van der Waals surface area contributed by atoms with Crippen molar-refractivity contribution < 1.29 is 0 Å². The molecule has 0 saturated heterocycles. The van der Waals surface area contributed by atoms with Crippen LogP contribution in [0.4, 0.5) is 5.82 Å². The Morgan fingerprint density at radius 3 is 2.81 bits per heavy atom. The zero-order chi connectivity index (χ0) is 18.4. The predicted octanol–water partition coefficient (Wildman–Crippen LogP) is 4.24. The molecule has 2 N–H and O–H groups in total. The Bertz CT molecular complexity index is 982. The monoisotopic (exact) mass is 433 g/mol. The van der Waals surface area contributed by atoms with Crippen molar-refractivity contribution in [3.05, 3.63) is 50.8 Å². The lowest BCUT2D eigenvalue weighted by molar-refractivity contribution is 0.203. The summed E-state index contributed by atoms with van der Waals surface area (Å²) in [4.78, 5) is 10.9. The summed E-state index contributed by atoms with van der Waals surface area (Å²) in [6.07, 6.45) is 1.11. The van der Waals surface area contributed by atoms with Gasteiger partial charge in [0.2, 0.25) is 5.28 Å². The zero-order valence-electron chi connectivity index (χ0n) is 14.8. The Labute approximate surface area is 166 Å². The maximum atomic E-state index is 6.01. The van der Waals surface area contributed by atoms with E-state index in [2.05, 4.69) is 67.4 Å². The molecule has 5 nitrogen and oxygen atoms in total. The van der Waals surface area contributed by atoms with E-state index in [1.54, 1.807) is 0 Å². The van der Waals surface area contributed by atoms with Crippen LogP contribution in [-0.4, -0.2) is 32.0 Å². The largest absolute Gasteiger partial charge is 0.383 e. The Balaban J connectivity index is 1.70. The first-order valence-electron chi connectivity index (χ1n) is 8.75. The van der Waals surface area contributed by atoms with Gasteiger partial charge in [-0.3, -0.25) is 4.90 Å². The number of nitrogens with two attached hydrogens (primary N) is 1. The van der Waals surface area contributed by atoms with Crippen molar-refractivity contribution in [3.63, 3.8) is 0 Å². The van der Waals surface area contributed by atoms with Crippen LogP contribution in [-0.2, 0) is 19.5 Å². The minimum atomic E-state index is 0.167. The Hall–Kier alpha value is -1.63. The highest BCUT2D eigenvalue weighted by atomic mass is 79.9. The fourth-order valence-corrected chi connectivity index (χ4v) is 4.29. The first kappa shape index (κ1) is 17.8. The molecular formula is C19H21BrClN5. The van der Waals surface area contributed by atoms with Crippen molar-refractivity contribution >= 4 is 44.4 Å². The summed E-state index contributed by atoms with van der Waals surface area (Å²) in [5.41, 5.74) is 10.8. The van der Waals surface area contributed by atoms with E-state index >= 15 is 0 Å². The Morgan fingerprint density at radius 2 is 2.04 bits per heavy atom. The molecule has 0 bridgehead atoms. The Morgan fingerprint density at radius 1 is 1.23 bits per heavy atom. The second kappa shape index (κ2) is 6.83. The van der Waals surface area contributed by atoms with Crippen LogP contribution in [0.1, 0.15) is 30.5 Å². The van der Waals surface area contributed by atoms with Crippen LogP contribution in [0.2, 0.25) is 5.28 Å². The van der Waals surface area contributed by atoms with Gasteiger partial charge in [-0.15, -0.1) is 0 Å². The summed E-state index contributed by atoms with van der Waals surface area (Å²) >= 11 is 9.63. The average Bonchev–Trinajstić information content (AvgIpc) is 2.90. The molecule has 1 aliphatic rings. The maximum absolute atomic E-state index is 6.01. The van der Waals surface area contributed by atoms with E-state index in [1.165, 1.54) is 16.7 Å². The molecule has 0 amide bonds. The summed E-state index contributed by atoms with van der Waals surface area (Å²) < 4.78 is 2.99. The minimum Gasteiger partial charge on any atom is -0.383 e. The molecule has 2 aromatic heterocycles. The highest BCUT2D eigenvalue weighted by molar-refractivity contribution is 9.10. The van der Waals surface area contributed by atoms with E-state index in [0.717, 1.165) is 35.1 Å². The second-order valence-electron chi connectivity index (χ2n) is 7.09. The predicted molar refractivity (Wildman–Crippen MR) is 109 cm³/mol. The SMILES string of the molecule is CC(C)N1CCc2ccc(Cn3c(Br)cc4c(N)nc(Cl)nc43)cc2C1. The smallest absolute Gasteiger partial charge is 0.226 e. The number of halogens is 2. The van der Waals surface area contributed by atoms with Gasteiger partial charge >= 0.3 is 0 Å². The molecule has 0 radical (unpaired) electrons. The molecular weight excluding hydrogens is 414 g/mol. The lowest BCUT2D eigenvalue weighted by Gasteiger charge is -2.32. The van der Waals surface area contributed by atoms with E-state index < -0.39 is 0 Å². The molecule has 1 aliphatic heterocycles. The molecule has 3 heterocycles. The molecule has 0 saturated carbocycles. The van der Waals surface area contributed by atoms with Gasteiger partial charge in [0, 0.05) is 19.1 Å². The number of fused-ring (bicyclic) bond motifs is 2. The van der Waals surface area contributed by atoms with Crippen LogP contribution in [0, 0.1) is 0 Å². The fourth-order valence-electron chi connectivity index (χ4n) is 3.59. The van der Waals surface area contributed by atoms with E-state index in [1.807, 2.05) is 6.07 Å². The number of hydrogen-bond donors (Lipinski definition) is 1. The van der Waals surface area contributed by atoms with Gasteiger partial charge < -0.3 is 10.3 Å². The lowest BCUT2D eigenvalue weighted by Crippen LogP contribution is -2.35. The normalized spacial score (nSPS) is 15.0. The molecule has 136 valence electrons. The van der Waals surface area contributed by atoms with Gasteiger partial charge in [-0.25, -0.2) is 4.98 Å². The van der Waals surface area contributed by atoms with Gasteiger partial charge in [-0.2, -0.15) is 4.98 Å². The van der Waals surface area contributed by atoms with Crippen LogP contribution >= 0.6 is 27.5 Å². The van der Waals surface area contributed by atoms with E-state index in [9.17, 15) is 0 Å². The number of nitrogen functional groups attached to an aromatic ring is 1. The fraction of sp³-hybridized carbons (Fsp3) is 0.368. The summed E-state index contributed by atoms with van der Waals surface area (Å²) in [5.74, 6) is 0.400. The van der Waals surface area contributed by atoms with Crippen LogP contribution in [0.25, 0.3) is 11.0 Å². The number of aromatic nitrogens is 3. The third-order valence-electron chi connectivity index (χ3n) is 5.09. The van der Waals surface area contributed by atoms with Gasteiger partial charge in [0.1, 0.15) is 11.5 Å². The van der Waals surface area contributed by atoms with Gasteiger partial charge in [-0.1, -0.05) is 18.2 Å². The van der Waals surface area contributed by atoms with E-state index in [4.69, 9.17) is 17.3 Å². The van der Waals surface area contributed by atoms with Crippen molar-refractivity contribution in [2.45, 2.75) is 39.4 Å². The molecule has 0 aliphatic carbocycles. The van der Waals surface area contributed by atoms with Gasteiger partial charge in [0.05, 0.1) is 16.5 Å². The van der Waals surface area contributed by atoms with Crippen molar-refractivity contribution in [1.82, 2.24) is 19.4 Å².